The topological polar surface area (TPSA) is 69.1 Å². The summed E-state index contributed by atoms with van der Waals surface area (Å²) < 4.78 is 19.4. The first-order chi connectivity index (χ1) is 15.5. The predicted octanol–water partition coefficient (Wildman–Crippen LogP) is 3.31. The van der Waals surface area contributed by atoms with Crippen molar-refractivity contribution in [3.8, 4) is 5.75 Å². The monoisotopic (exact) mass is 442 g/mol. The maximum absolute atomic E-state index is 13.8. The minimum atomic E-state index is -0.360. The van der Waals surface area contributed by atoms with E-state index in [1.54, 1.807) is 18.2 Å². The molecular weight excluding hydrogens is 407 g/mol. The first kappa shape index (κ1) is 24.0. The molecule has 1 heterocycles. The summed E-state index contributed by atoms with van der Waals surface area (Å²) in [6.45, 7) is 8.54. The summed E-state index contributed by atoms with van der Waals surface area (Å²) in [6.07, 6.45) is 1.36. The molecule has 0 radical (unpaired) electrons. The van der Waals surface area contributed by atoms with Crippen LogP contribution in [-0.2, 0) is 13.1 Å². The van der Waals surface area contributed by atoms with E-state index in [0.717, 1.165) is 44.6 Å². The van der Waals surface area contributed by atoms with E-state index in [9.17, 15) is 9.50 Å². The lowest BCUT2D eigenvalue weighted by Gasteiger charge is -2.29. The number of hydrogen-bond acceptors (Lipinski definition) is 4. The van der Waals surface area contributed by atoms with Gasteiger partial charge in [-0.3, -0.25) is 4.90 Å². The fourth-order valence-corrected chi connectivity index (χ4v) is 3.64. The van der Waals surface area contributed by atoms with Gasteiger partial charge in [0.2, 0.25) is 0 Å². The molecular formula is C25H35FN4O2. The molecule has 0 aliphatic carbocycles. The minimum absolute atomic E-state index is 0.139. The Hall–Kier alpha value is -2.64. The molecule has 174 valence electrons. The highest BCUT2D eigenvalue weighted by Crippen LogP contribution is 2.17. The van der Waals surface area contributed by atoms with Gasteiger partial charge >= 0.3 is 0 Å². The molecule has 2 aromatic carbocycles. The van der Waals surface area contributed by atoms with Crippen molar-refractivity contribution in [3.05, 3.63) is 65.5 Å². The first-order valence-electron chi connectivity index (χ1n) is 11.4. The highest BCUT2D eigenvalue weighted by Gasteiger charge is 2.16. The second-order valence-corrected chi connectivity index (χ2v) is 8.26. The van der Waals surface area contributed by atoms with Gasteiger partial charge in [-0.15, -0.1) is 0 Å². The van der Waals surface area contributed by atoms with Gasteiger partial charge in [-0.1, -0.05) is 36.4 Å². The summed E-state index contributed by atoms with van der Waals surface area (Å²) in [5.74, 6) is 0.596. The number of guanidine groups is 1. The highest BCUT2D eigenvalue weighted by molar-refractivity contribution is 5.79. The molecule has 1 fully saturated rings. The molecule has 3 rings (SSSR count). The fraction of sp³-hybridized carbons (Fsp3) is 0.480. The quantitative estimate of drug-likeness (QED) is 0.411. The van der Waals surface area contributed by atoms with Gasteiger partial charge in [-0.05, 0) is 49.9 Å². The van der Waals surface area contributed by atoms with E-state index in [0.29, 0.717) is 19.0 Å². The number of nitrogens with zero attached hydrogens (tertiary/aromatic N) is 2. The van der Waals surface area contributed by atoms with E-state index in [4.69, 9.17) is 4.74 Å². The third kappa shape index (κ3) is 7.80. The second-order valence-electron chi connectivity index (χ2n) is 8.26. The number of piperidine rings is 1. The third-order valence-electron chi connectivity index (χ3n) is 5.47. The summed E-state index contributed by atoms with van der Waals surface area (Å²) in [4.78, 5) is 7.05. The number of rotatable bonds is 9. The van der Waals surface area contributed by atoms with Gasteiger partial charge in [0.1, 0.15) is 6.10 Å². The number of para-hydroxylation sites is 1. The number of halogens is 1. The van der Waals surface area contributed by atoms with Gasteiger partial charge in [0.15, 0.2) is 17.5 Å². The van der Waals surface area contributed by atoms with Crippen molar-refractivity contribution in [2.45, 2.75) is 52.0 Å². The molecule has 1 unspecified atom stereocenters. The molecule has 1 atom stereocenters. The lowest BCUT2D eigenvalue weighted by molar-refractivity contribution is 0.0792. The van der Waals surface area contributed by atoms with Crippen LogP contribution in [0.25, 0.3) is 0 Å². The molecule has 0 aromatic heterocycles. The van der Waals surface area contributed by atoms with Gasteiger partial charge in [-0.25, -0.2) is 9.38 Å². The van der Waals surface area contributed by atoms with Crippen LogP contribution in [0.15, 0.2) is 53.5 Å². The zero-order valence-corrected chi connectivity index (χ0v) is 19.1. The Bertz CT molecular complexity index is 851. The largest absolute Gasteiger partial charge is 0.486 e. The molecule has 0 bridgehead atoms. The third-order valence-corrected chi connectivity index (χ3v) is 5.47. The molecule has 32 heavy (non-hydrogen) atoms. The SMILES string of the molecule is CCNC(=NCc1ccc(CN2CCC(O)CC2)cc1)NCC(C)Oc1ccccc1F. The molecule has 1 aliphatic rings. The fourth-order valence-electron chi connectivity index (χ4n) is 3.64. The summed E-state index contributed by atoms with van der Waals surface area (Å²) in [5.41, 5.74) is 2.41. The van der Waals surface area contributed by atoms with E-state index in [1.807, 2.05) is 13.8 Å². The lowest BCUT2D eigenvalue weighted by Crippen LogP contribution is -2.41. The Kier molecular flexibility index (Phi) is 9.31. The van der Waals surface area contributed by atoms with E-state index in [-0.39, 0.29) is 23.8 Å². The number of aliphatic imine (C=N–C) groups is 1. The van der Waals surface area contributed by atoms with Crippen molar-refractivity contribution in [1.29, 1.82) is 0 Å². The number of benzene rings is 2. The van der Waals surface area contributed by atoms with E-state index in [1.165, 1.54) is 11.6 Å². The smallest absolute Gasteiger partial charge is 0.191 e. The molecule has 1 saturated heterocycles. The van der Waals surface area contributed by atoms with Crippen LogP contribution in [0.1, 0.15) is 37.8 Å². The van der Waals surface area contributed by atoms with Crippen LogP contribution in [0.5, 0.6) is 5.75 Å². The predicted molar refractivity (Wildman–Crippen MR) is 126 cm³/mol. The number of ether oxygens (including phenoxy) is 1. The van der Waals surface area contributed by atoms with Crippen molar-refractivity contribution in [3.63, 3.8) is 0 Å². The molecule has 2 aromatic rings. The zero-order chi connectivity index (χ0) is 22.8. The Labute approximate surface area is 190 Å². The second kappa shape index (κ2) is 12.4. The van der Waals surface area contributed by atoms with Gasteiger partial charge < -0.3 is 20.5 Å². The van der Waals surface area contributed by atoms with Crippen molar-refractivity contribution in [2.24, 2.45) is 4.99 Å². The average Bonchev–Trinajstić information content (AvgIpc) is 2.80. The van der Waals surface area contributed by atoms with E-state index >= 15 is 0 Å². The van der Waals surface area contributed by atoms with Crippen LogP contribution in [0.2, 0.25) is 0 Å². The Morgan fingerprint density at radius 3 is 2.50 bits per heavy atom. The molecule has 0 saturated carbocycles. The van der Waals surface area contributed by atoms with Crippen molar-refractivity contribution in [2.75, 3.05) is 26.2 Å². The Morgan fingerprint density at radius 1 is 1.12 bits per heavy atom. The summed E-state index contributed by atoms with van der Waals surface area (Å²) in [6, 6.07) is 15.0. The average molecular weight is 443 g/mol. The summed E-state index contributed by atoms with van der Waals surface area (Å²) in [7, 11) is 0. The number of likely N-dealkylation sites (tertiary alicyclic amines) is 1. The van der Waals surface area contributed by atoms with Crippen molar-refractivity contribution in [1.82, 2.24) is 15.5 Å². The van der Waals surface area contributed by atoms with Gasteiger partial charge in [-0.2, -0.15) is 0 Å². The van der Waals surface area contributed by atoms with Crippen molar-refractivity contribution < 1.29 is 14.2 Å². The van der Waals surface area contributed by atoms with Gasteiger partial charge in [0, 0.05) is 26.2 Å². The molecule has 1 aliphatic heterocycles. The van der Waals surface area contributed by atoms with Crippen LogP contribution in [-0.4, -0.2) is 54.4 Å². The van der Waals surface area contributed by atoms with Gasteiger partial charge in [0.25, 0.3) is 0 Å². The standard InChI is InChI=1S/C25H35FN4O2/c1-3-27-25(28-16-19(2)32-24-7-5-4-6-23(24)26)29-17-20-8-10-21(11-9-20)18-30-14-12-22(31)13-15-30/h4-11,19,22,31H,3,12-18H2,1-2H3,(H2,27,28,29). The maximum Gasteiger partial charge on any atom is 0.191 e. The molecule has 7 heteroatoms. The lowest BCUT2D eigenvalue weighted by atomic mass is 10.1. The number of aliphatic hydroxyl groups is 1. The van der Waals surface area contributed by atoms with Crippen molar-refractivity contribution >= 4 is 5.96 Å². The number of nitrogens with one attached hydrogen (secondary N) is 2. The van der Waals surface area contributed by atoms with Crippen LogP contribution in [0, 0.1) is 5.82 Å². The number of aliphatic hydroxyl groups excluding tert-OH is 1. The van der Waals surface area contributed by atoms with Crippen LogP contribution >= 0.6 is 0 Å². The highest BCUT2D eigenvalue weighted by atomic mass is 19.1. The summed E-state index contributed by atoms with van der Waals surface area (Å²) >= 11 is 0. The molecule has 3 N–H and O–H groups in total. The summed E-state index contributed by atoms with van der Waals surface area (Å²) in [5, 5.41) is 16.1. The van der Waals surface area contributed by atoms with E-state index in [2.05, 4.69) is 44.8 Å². The normalized spacial score (nSPS) is 16.6. The first-order valence-corrected chi connectivity index (χ1v) is 11.4. The van der Waals surface area contributed by atoms with Crippen LogP contribution in [0.4, 0.5) is 4.39 Å². The molecule has 0 spiro atoms. The van der Waals surface area contributed by atoms with Crippen LogP contribution in [0.3, 0.4) is 0 Å². The number of hydrogen-bond donors (Lipinski definition) is 3. The maximum atomic E-state index is 13.8. The Morgan fingerprint density at radius 2 is 1.81 bits per heavy atom. The molecule has 0 amide bonds. The van der Waals surface area contributed by atoms with Gasteiger partial charge in [0.05, 0.1) is 19.2 Å². The zero-order valence-electron chi connectivity index (χ0n) is 19.1. The molecule has 6 nitrogen and oxygen atoms in total. The Balaban J connectivity index is 1.48. The van der Waals surface area contributed by atoms with Crippen LogP contribution < -0.4 is 15.4 Å². The van der Waals surface area contributed by atoms with E-state index < -0.39 is 0 Å². The minimum Gasteiger partial charge on any atom is -0.486 e.